The molecule has 0 radical (unpaired) electrons. The summed E-state index contributed by atoms with van der Waals surface area (Å²) in [6, 6.07) is 41.5. The number of rotatable bonds is 10. The number of carbonyl (C=O) groups is 1. The number of fused-ring (bicyclic) bond motifs is 3. The van der Waals surface area contributed by atoms with Gasteiger partial charge in [0.2, 0.25) is 0 Å². The van der Waals surface area contributed by atoms with Crippen molar-refractivity contribution in [3.8, 4) is 11.4 Å². The molecule has 0 aliphatic carbocycles. The molecule has 0 amide bonds. The van der Waals surface area contributed by atoms with Gasteiger partial charge in [-0.15, -0.1) is 0 Å². The molecule has 6 aromatic carbocycles. The highest BCUT2D eigenvalue weighted by molar-refractivity contribution is 5.91. The number of nitro groups is 1. The lowest BCUT2D eigenvalue weighted by molar-refractivity contribution is -0.383. The molecule has 17 nitrogen and oxygen atoms in total. The summed E-state index contributed by atoms with van der Waals surface area (Å²) in [5, 5.41) is 15.2. The zero-order valence-electron chi connectivity index (χ0n) is 48.0. The molecule has 17 heteroatoms. The lowest BCUT2D eigenvalue weighted by atomic mass is 9.87. The number of carbonyl (C=O) groups excluding carboxylic acids is 1. The molecule has 2 aliphatic heterocycles. The Balaban J connectivity index is 0.000000165. The summed E-state index contributed by atoms with van der Waals surface area (Å²) in [5.41, 5.74) is 23.3. The second-order valence-electron chi connectivity index (χ2n) is 23.5. The molecule has 2 saturated heterocycles. The van der Waals surface area contributed by atoms with E-state index in [0.717, 1.165) is 88.1 Å². The maximum atomic E-state index is 11.7. The van der Waals surface area contributed by atoms with Crippen molar-refractivity contribution >= 4 is 62.1 Å². The first-order valence-corrected chi connectivity index (χ1v) is 27.7. The van der Waals surface area contributed by atoms with Crippen LogP contribution in [-0.4, -0.2) is 101 Å². The molecule has 9 aromatic rings. The number of azide groups is 1. The van der Waals surface area contributed by atoms with Gasteiger partial charge in [0.1, 0.15) is 29.0 Å². The van der Waals surface area contributed by atoms with Crippen LogP contribution >= 0.6 is 0 Å². The first kappa shape index (κ1) is 57.1. The normalized spacial score (nSPS) is 17.9. The van der Waals surface area contributed by atoms with Crippen LogP contribution in [0.4, 0.5) is 22.7 Å². The van der Waals surface area contributed by atoms with Crippen molar-refractivity contribution in [3.05, 3.63) is 194 Å². The number of H-pyrrole nitrogens is 1. The number of aldehydes is 1. The van der Waals surface area contributed by atoms with E-state index in [0.29, 0.717) is 30.9 Å². The van der Waals surface area contributed by atoms with E-state index in [1.54, 1.807) is 36.9 Å². The second-order valence-corrected chi connectivity index (χ2v) is 23.5. The molecule has 81 heavy (non-hydrogen) atoms. The van der Waals surface area contributed by atoms with E-state index in [2.05, 4.69) is 192 Å². The number of hydrogen-bond donors (Lipinski definition) is 1. The average molecular weight is 1090 g/mol. The highest BCUT2D eigenvalue weighted by Gasteiger charge is 2.34. The molecule has 5 heterocycles. The van der Waals surface area contributed by atoms with E-state index >= 15 is 0 Å². The topological polar surface area (TPSA) is 202 Å². The summed E-state index contributed by atoms with van der Waals surface area (Å²) >= 11 is 0. The maximum Gasteiger partial charge on any atom is 0.302 e. The molecule has 4 atom stereocenters. The molecule has 0 bridgehead atoms. The number of aromatic nitrogens is 6. The van der Waals surface area contributed by atoms with E-state index in [-0.39, 0.29) is 34.3 Å². The van der Waals surface area contributed by atoms with Gasteiger partial charge in [0.15, 0.2) is 0 Å². The van der Waals surface area contributed by atoms with Gasteiger partial charge in [-0.3, -0.25) is 44.6 Å². The standard InChI is InChI=1S/C32H36N6.C21H22N8O2.C11H14O/c1-21-18-37(19-22(2)38(21)20-23-9-14-26-28(17-23)34-16-15-33-26)29-8-6-7-27-30(29)36-31(35-27)24-10-12-25(13-11-24)32(3,4)5;1-14-11-27(20-5-3-4-18(25-26-22)21(20)29(30)31)12-15(2)28(14)13-16-6-7-17-19(10-16)24-9-8-23-17;1-11(2,3)10-6-4-9(8-12)5-7-10/h6-17,21-22H,18-20H2,1-5H3,(H,35,36);3-10,14-15H,11-13H2,1-2H3;4-8H,1-3H3/t21-,22-;14-,15-;/m00./s1. The quantitative estimate of drug-likeness (QED) is 0.0339. The zero-order valence-corrected chi connectivity index (χ0v) is 48.0. The van der Waals surface area contributed by atoms with E-state index in [1.807, 2.05) is 35.2 Å². The first-order valence-electron chi connectivity index (χ1n) is 27.7. The van der Waals surface area contributed by atoms with Crippen LogP contribution in [0.1, 0.15) is 102 Å². The van der Waals surface area contributed by atoms with Gasteiger partial charge >= 0.3 is 5.69 Å². The van der Waals surface area contributed by atoms with Gasteiger partial charge in [0, 0.05) is 104 Å². The Bertz CT molecular complexity index is 3690. The minimum atomic E-state index is -0.475. The largest absolute Gasteiger partial charge is 0.367 e. The summed E-state index contributed by atoms with van der Waals surface area (Å²) in [5.74, 6) is 0.923. The van der Waals surface area contributed by atoms with E-state index in [1.165, 1.54) is 28.4 Å². The fourth-order valence-electron chi connectivity index (χ4n) is 11.1. The lowest BCUT2D eigenvalue weighted by Crippen LogP contribution is -2.56. The number of nitrogens with zero attached hydrogens (tertiary/aromatic N) is 13. The van der Waals surface area contributed by atoms with Gasteiger partial charge in [-0.05, 0) is 115 Å². The van der Waals surface area contributed by atoms with E-state index in [9.17, 15) is 14.9 Å². The molecular formula is C64H72N14O3. The van der Waals surface area contributed by atoms with Crippen molar-refractivity contribution in [3.63, 3.8) is 0 Å². The Morgan fingerprint density at radius 2 is 1.09 bits per heavy atom. The Hall–Kier alpha value is -8.63. The summed E-state index contributed by atoms with van der Waals surface area (Å²) in [6.45, 7) is 26.9. The summed E-state index contributed by atoms with van der Waals surface area (Å²) in [4.78, 5) is 60.1. The number of hydrogen-bond acceptors (Lipinski definition) is 13. The number of nitro benzene ring substituents is 1. The van der Waals surface area contributed by atoms with Crippen LogP contribution in [-0.2, 0) is 23.9 Å². The smallest absolute Gasteiger partial charge is 0.302 e. The number of benzene rings is 6. The summed E-state index contributed by atoms with van der Waals surface area (Å²) < 4.78 is 0. The Morgan fingerprint density at radius 3 is 1.56 bits per heavy atom. The summed E-state index contributed by atoms with van der Waals surface area (Å²) in [7, 11) is 0. The molecular weight excluding hydrogens is 1010 g/mol. The van der Waals surface area contributed by atoms with Crippen LogP contribution < -0.4 is 9.80 Å². The maximum absolute atomic E-state index is 11.7. The molecule has 0 spiro atoms. The minimum Gasteiger partial charge on any atom is -0.367 e. The van der Waals surface area contributed by atoms with E-state index < -0.39 is 4.92 Å². The predicted molar refractivity (Wildman–Crippen MR) is 325 cm³/mol. The van der Waals surface area contributed by atoms with Crippen LogP contribution in [0.3, 0.4) is 0 Å². The van der Waals surface area contributed by atoms with Crippen molar-refractivity contribution in [2.24, 2.45) is 5.11 Å². The number of aromatic amines is 1. The lowest BCUT2D eigenvalue weighted by Gasteiger charge is -2.45. The molecule has 2 fully saturated rings. The predicted octanol–water partition coefficient (Wildman–Crippen LogP) is 13.9. The third-order valence-electron chi connectivity index (χ3n) is 15.4. The van der Waals surface area contributed by atoms with Crippen molar-refractivity contribution < 1.29 is 9.72 Å². The molecule has 0 unspecified atom stereocenters. The van der Waals surface area contributed by atoms with Gasteiger partial charge in [-0.2, -0.15) is 0 Å². The van der Waals surface area contributed by atoms with Crippen LogP contribution in [0.15, 0.2) is 151 Å². The van der Waals surface area contributed by atoms with Gasteiger partial charge in [-0.1, -0.05) is 119 Å². The number of para-hydroxylation sites is 2. The average Bonchev–Trinajstić information content (AvgIpc) is 4.11. The first-order chi connectivity index (χ1) is 38.8. The van der Waals surface area contributed by atoms with Crippen molar-refractivity contribution in [1.82, 2.24) is 39.7 Å². The monoisotopic (exact) mass is 1080 g/mol. The fourth-order valence-corrected chi connectivity index (χ4v) is 11.1. The van der Waals surface area contributed by atoms with Crippen molar-refractivity contribution in [2.45, 2.75) is 117 Å². The van der Waals surface area contributed by atoms with Gasteiger partial charge in [0.25, 0.3) is 0 Å². The molecule has 11 rings (SSSR count). The fraction of sp³-hybridized carbons (Fsp3) is 0.344. The molecule has 2 aliphatic rings. The van der Waals surface area contributed by atoms with E-state index in [4.69, 9.17) is 10.5 Å². The second kappa shape index (κ2) is 24.4. The number of anilines is 2. The molecule has 3 aromatic heterocycles. The molecule has 0 saturated carbocycles. The van der Waals surface area contributed by atoms with Crippen LogP contribution in [0.25, 0.3) is 54.9 Å². The third kappa shape index (κ3) is 13.4. The minimum absolute atomic E-state index is 0.0324. The van der Waals surface area contributed by atoms with Crippen LogP contribution in [0.5, 0.6) is 0 Å². The number of nitrogens with one attached hydrogen (secondary N) is 1. The highest BCUT2D eigenvalue weighted by Crippen LogP contribution is 2.39. The molecule has 1 N–H and O–H groups in total. The van der Waals surface area contributed by atoms with Crippen LogP contribution in [0, 0.1) is 10.1 Å². The van der Waals surface area contributed by atoms with Crippen molar-refractivity contribution in [1.29, 1.82) is 0 Å². The van der Waals surface area contributed by atoms with Gasteiger partial charge < -0.3 is 14.8 Å². The van der Waals surface area contributed by atoms with Gasteiger partial charge in [0.05, 0.1) is 38.2 Å². The SMILES string of the molecule is CC(C)(C)c1ccc(C=O)cc1.C[C@H]1CN(c2cccc(N=[N+]=[N-])c2[N+](=O)[O-])C[C@H](C)N1Cc1ccc2nccnc2c1.C[C@H]1CN(c2cccc3[nH]c(-c4ccc(C(C)(C)C)cc4)nc23)C[C@H](C)N1Cc1ccc2nccnc2c1. The Labute approximate surface area is 473 Å². The van der Waals surface area contributed by atoms with Crippen LogP contribution in [0.2, 0.25) is 0 Å². The zero-order chi connectivity index (χ0) is 57.6. The third-order valence-corrected chi connectivity index (χ3v) is 15.4. The number of imidazole rings is 1. The number of piperazine rings is 2. The summed E-state index contributed by atoms with van der Waals surface area (Å²) in [6.07, 6.45) is 7.75. The Morgan fingerprint density at radius 1 is 0.630 bits per heavy atom. The highest BCUT2D eigenvalue weighted by atomic mass is 16.6. The van der Waals surface area contributed by atoms with Gasteiger partial charge in [-0.25, -0.2) is 4.98 Å². The van der Waals surface area contributed by atoms with Crippen molar-refractivity contribution in [2.75, 3.05) is 36.0 Å². The Kier molecular flexibility index (Phi) is 17.2. The molecule has 416 valence electrons.